The van der Waals surface area contributed by atoms with E-state index in [9.17, 15) is 0 Å². The van der Waals surface area contributed by atoms with Crippen molar-refractivity contribution in [2.75, 3.05) is 14.1 Å². The molecule has 0 spiro atoms. The van der Waals surface area contributed by atoms with Gasteiger partial charge in [-0.3, -0.25) is 5.21 Å². The summed E-state index contributed by atoms with van der Waals surface area (Å²) >= 11 is 4.54. The Morgan fingerprint density at radius 2 is 2.29 bits per heavy atom. The molecule has 0 aliphatic rings. The lowest BCUT2D eigenvalue weighted by Crippen LogP contribution is -2.31. The maximum atomic E-state index is 8.45. The zero-order valence-electron chi connectivity index (χ0n) is 4.30. The van der Waals surface area contributed by atoms with Gasteiger partial charge in [-0.05, 0) is 12.2 Å². The molecule has 0 amide bonds. The smallest absolute Gasteiger partial charge is 0.192 e. The lowest BCUT2D eigenvalue weighted by molar-refractivity contribution is 0.0132. The van der Waals surface area contributed by atoms with Crippen molar-refractivity contribution in [3.05, 3.63) is 0 Å². The van der Waals surface area contributed by atoms with E-state index >= 15 is 0 Å². The van der Waals surface area contributed by atoms with Gasteiger partial charge in [-0.15, -0.1) is 0 Å². The maximum Gasteiger partial charge on any atom is 0.192 e. The second kappa shape index (κ2) is 2.76. The zero-order chi connectivity index (χ0) is 5.86. The van der Waals surface area contributed by atoms with Crippen molar-refractivity contribution in [2.24, 2.45) is 0 Å². The van der Waals surface area contributed by atoms with Gasteiger partial charge >= 0.3 is 0 Å². The molecule has 42 valence electrons. The zero-order valence-corrected chi connectivity index (χ0v) is 5.12. The van der Waals surface area contributed by atoms with E-state index in [0.717, 1.165) is 5.06 Å². The Balaban J connectivity index is 3.35. The minimum atomic E-state index is 0.319. The number of nitrogens with zero attached hydrogens (tertiary/aromatic N) is 1. The monoisotopic (exact) mass is 120 g/mol. The summed E-state index contributed by atoms with van der Waals surface area (Å²) in [5.41, 5.74) is 0. The molecular formula is C3H8N2OS. The second-order valence-corrected chi connectivity index (χ2v) is 1.47. The van der Waals surface area contributed by atoms with Gasteiger partial charge in [-0.2, -0.15) is 0 Å². The van der Waals surface area contributed by atoms with E-state index < -0.39 is 0 Å². The quantitative estimate of drug-likeness (QED) is 0.343. The minimum absolute atomic E-state index is 0.319. The summed E-state index contributed by atoms with van der Waals surface area (Å²) in [5.74, 6) is 0. The largest absolute Gasteiger partial charge is 0.364 e. The van der Waals surface area contributed by atoms with Gasteiger partial charge in [-0.25, -0.2) is 5.06 Å². The van der Waals surface area contributed by atoms with Crippen molar-refractivity contribution in [1.82, 2.24) is 10.4 Å². The fourth-order valence-electron chi connectivity index (χ4n) is 0.162. The summed E-state index contributed by atoms with van der Waals surface area (Å²) in [6, 6.07) is 0. The Bertz CT molecular complexity index is 73.3. The Labute approximate surface area is 47.9 Å². The first kappa shape index (κ1) is 6.65. The summed E-state index contributed by atoms with van der Waals surface area (Å²) in [5, 5.41) is 12.2. The van der Waals surface area contributed by atoms with Crippen LogP contribution in [0.15, 0.2) is 0 Å². The third kappa shape index (κ3) is 2.36. The molecule has 0 atom stereocenters. The van der Waals surface area contributed by atoms with Gasteiger partial charge in [-0.1, -0.05) is 0 Å². The molecule has 0 saturated heterocycles. The fourth-order valence-corrected chi connectivity index (χ4v) is 0.162. The van der Waals surface area contributed by atoms with Crippen molar-refractivity contribution in [3.8, 4) is 0 Å². The highest BCUT2D eigenvalue weighted by Crippen LogP contribution is 1.71. The first-order valence-corrected chi connectivity index (χ1v) is 2.23. The molecule has 0 aliphatic carbocycles. The Hall–Kier alpha value is -0.350. The summed E-state index contributed by atoms with van der Waals surface area (Å²) in [6.45, 7) is 0. The van der Waals surface area contributed by atoms with Crippen LogP contribution in [-0.2, 0) is 0 Å². The van der Waals surface area contributed by atoms with Crippen molar-refractivity contribution >= 4 is 17.3 Å². The average Bonchev–Trinajstić information content (AvgIpc) is 1.65. The van der Waals surface area contributed by atoms with Crippen LogP contribution < -0.4 is 5.32 Å². The van der Waals surface area contributed by atoms with E-state index in [2.05, 4.69) is 17.5 Å². The predicted octanol–water partition coefficient (Wildman–Crippen LogP) is -0.188. The van der Waals surface area contributed by atoms with Crippen LogP contribution in [0.5, 0.6) is 0 Å². The van der Waals surface area contributed by atoms with Crippen molar-refractivity contribution in [3.63, 3.8) is 0 Å². The SMILES string of the molecule is CNC(=S)N(C)O. The van der Waals surface area contributed by atoms with E-state index in [-0.39, 0.29) is 0 Å². The lowest BCUT2D eigenvalue weighted by atomic mass is 11.0. The lowest BCUT2D eigenvalue weighted by Gasteiger charge is -2.08. The molecule has 7 heavy (non-hydrogen) atoms. The Morgan fingerprint density at radius 1 is 1.86 bits per heavy atom. The van der Waals surface area contributed by atoms with E-state index in [1.807, 2.05) is 0 Å². The van der Waals surface area contributed by atoms with E-state index in [4.69, 9.17) is 5.21 Å². The molecule has 0 unspecified atom stereocenters. The van der Waals surface area contributed by atoms with Gasteiger partial charge in [0.25, 0.3) is 0 Å². The van der Waals surface area contributed by atoms with Crippen LogP contribution in [0, 0.1) is 0 Å². The average molecular weight is 120 g/mol. The van der Waals surface area contributed by atoms with Gasteiger partial charge in [0.05, 0.1) is 0 Å². The number of hydrogen-bond acceptors (Lipinski definition) is 2. The van der Waals surface area contributed by atoms with Crippen LogP contribution in [0.3, 0.4) is 0 Å². The van der Waals surface area contributed by atoms with Crippen LogP contribution in [0.1, 0.15) is 0 Å². The van der Waals surface area contributed by atoms with Crippen molar-refractivity contribution < 1.29 is 5.21 Å². The van der Waals surface area contributed by atoms with E-state index in [0.29, 0.717) is 5.11 Å². The van der Waals surface area contributed by atoms with Crippen LogP contribution >= 0.6 is 12.2 Å². The molecule has 3 nitrogen and oxygen atoms in total. The third-order valence-corrected chi connectivity index (χ3v) is 0.976. The maximum absolute atomic E-state index is 8.45. The first-order valence-electron chi connectivity index (χ1n) is 1.82. The number of hydrogen-bond donors (Lipinski definition) is 2. The third-order valence-electron chi connectivity index (χ3n) is 0.508. The molecule has 0 aromatic rings. The fraction of sp³-hybridized carbons (Fsp3) is 0.667. The standard InChI is InChI=1S/C3H8N2OS/c1-4-3(7)5(2)6/h6H,1-2H3,(H,4,7). The number of hydroxylamine groups is 2. The van der Waals surface area contributed by atoms with Gasteiger partial charge in [0.15, 0.2) is 5.11 Å². The van der Waals surface area contributed by atoms with Gasteiger partial charge in [0.1, 0.15) is 0 Å². The highest BCUT2D eigenvalue weighted by molar-refractivity contribution is 7.80. The Kier molecular flexibility index (Phi) is 2.62. The highest BCUT2D eigenvalue weighted by Gasteiger charge is 1.90. The van der Waals surface area contributed by atoms with E-state index in [1.165, 1.54) is 7.05 Å². The minimum Gasteiger partial charge on any atom is -0.364 e. The summed E-state index contributed by atoms with van der Waals surface area (Å²) in [4.78, 5) is 0. The molecule has 0 aromatic carbocycles. The van der Waals surface area contributed by atoms with Crippen LogP contribution in [0.4, 0.5) is 0 Å². The highest BCUT2D eigenvalue weighted by atomic mass is 32.1. The van der Waals surface area contributed by atoms with E-state index in [1.54, 1.807) is 7.05 Å². The van der Waals surface area contributed by atoms with Gasteiger partial charge < -0.3 is 5.32 Å². The summed E-state index contributed by atoms with van der Waals surface area (Å²) < 4.78 is 0. The predicted molar refractivity (Wildman–Crippen MR) is 31.2 cm³/mol. The number of thiocarbonyl (C=S) groups is 1. The molecule has 0 aromatic heterocycles. The number of nitrogens with one attached hydrogen (secondary N) is 1. The molecular weight excluding hydrogens is 112 g/mol. The molecule has 0 radical (unpaired) electrons. The normalized spacial score (nSPS) is 7.86. The van der Waals surface area contributed by atoms with Gasteiger partial charge in [0.2, 0.25) is 0 Å². The molecule has 0 aliphatic heterocycles. The summed E-state index contributed by atoms with van der Waals surface area (Å²) in [6.07, 6.45) is 0. The Morgan fingerprint density at radius 3 is 2.29 bits per heavy atom. The second-order valence-electron chi connectivity index (χ2n) is 1.08. The van der Waals surface area contributed by atoms with Crippen LogP contribution in [0.25, 0.3) is 0 Å². The summed E-state index contributed by atoms with van der Waals surface area (Å²) in [7, 11) is 3.11. The molecule has 2 N–H and O–H groups in total. The topological polar surface area (TPSA) is 35.5 Å². The molecule has 0 heterocycles. The molecule has 0 fully saturated rings. The molecule has 0 saturated carbocycles. The number of rotatable bonds is 0. The van der Waals surface area contributed by atoms with Gasteiger partial charge in [0, 0.05) is 14.1 Å². The van der Waals surface area contributed by atoms with Crippen molar-refractivity contribution in [2.45, 2.75) is 0 Å². The molecule has 0 bridgehead atoms. The van der Waals surface area contributed by atoms with Crippen molar-refractivity contribution in [1.29, 1.82) is 0 Å². The molecule has 0 rings (SSSR count). The van der Waals surface area contributed by atoms with Crippen LogP contribution in [-0.4, -0.2) is 29.5 Å². The first-order chi connectivity index (χ1) is 3.18. The van der Waals surface area contributed by atoms with Crippen LogP contribution in [0.2, 0.25) is 0 Å². The molecule has 4 heteroatoms.